The smallest absolute Gasteiger partial charge is 0.311 e. The Labute approximate surface area is 165 Å². The van der Waals surface area contributed by atoms with Crippen LogP contribution in [0.5, 0.6) is 11.5 Å². The van der Waals surface area contributed by atoms with Gasteiger partial charge in [-0.2, -0.15) is 0 Å². The SMILES string of the molecule is CCOC(=O)Cc1csc(S[C@@H](C)C(=O)Nc2ccc3c(c2)OCCO3)n1. The third-order valence-electron chi connectivity index (χ3n) is 3.62. The van der Waals surface area contributed by atoms with Gasteiger partial charge in [-0.3, -0.25) is 9.59 Å². The zero-order valence-corrected chi connectivity index (χ0v) is 16.7. The van der Waals surface area contributed by atoms with Crippen LogP contribution in [0.15, 0.2) is 27.9 Å². The number of rotatable bonds is 7. The monoisotopic (exact) mass is 408 g/mol. The lowest BCUT2D eigenvalue weighted by Crippen LogP contribution is -2.22. The molecule has 1 amide bonds. The molecule has 2 aromatic rings. The van der Waals surface area contributed by atoms with Crippen LogP contribution in [-0.4, -0.2) is 41.9 Å². The van der Waals surface area contributed by atoms with E-state index in [-0.39, 0.29) is 23.5 Å². The predicted molar refractivity (Wildman–Crippen MR) is 104 cm³/mol. The number of carbonyl (C=O) groups excluding carboxylic acids is 2. The molecule has 0 unspecified atom stereocenters. The topological polar surface area (TPSA) is 86.8 Å². The number of amides is 1. The average Bonchev–Trinajstić information content (AvgIpc) is 3.08. The normalized spacial score (nSPS) is 13.7. The number of thioether (sulfide) groups is 1. The van der Waals surface area contributed by atoms with Crippen LogP contribution in [0.1, 0.15) is 19.5 Å². The Bertz CT molecular complexity index is 824. The average molecular weight is 409 g/mol. The second-order valence-corrected chi connectivity index (χ2v) is 8.14. The van der Waals surface area contributed by atoms with Gasteiger partial charge in [0.1, 0.15) is 13.2 Å². The van der Waals surface area contributed by atoms with E-state index in [1.807, 2.05) is 12.3 Å². The van der Waals surface area contributed by atoms with E-state index in [9.17, 15) is 9.59 Å². The highest BCUT2D eigenvalue weighted by atomic mass is 32.2. The standard InChI is InChI=1S/C18H20N2O5S2/c1-3-23-16(21)9-13-10-26-18(20-13)27-11(2)17(22)19-12-4-5-14-15(8-12)25-7-6-24-14/h4-5,8,10-11H,3,6-7,9H2,1-2H3,(H,19,22)/t11-/m0/s1. The van der Waals surface area contributed by atoms with Crippen LogP contribution in [0.25, 0.3) is 0 Å². The number of ether oxygens (including phenoxy) is 3. The summed E-state index contributed by atoms with van der Waals surface area (Å²) in [5.74, 6) is 0.865. The van der Waals surface area contributed by atoms with Crippen molar-refractivity contribution < 1.29 is 23.8 Å². The number of benzene rings is 1. The molecule has 0 spiro atoms. The van der Waals surface area contributed by atoms with E-state index >= 15 is 0 Å². The number of hydrogen-bond donors (Lipinski definition) is 1. The first kappa shape index (κ1) is 19.5. The van der Waals surface area contributed by atoms with Crippen LogP contribution in [-0.2, 0) is 20.7 Å². The maximum absolute atomic E-state index is 12.5. The van der Waals surface area contributed by atoms with E-state index in [1.54, 1.807) is 25.1 Å². The first-order valence-electron chi connectivity index (χ1n) is 8.52. The van der Waals surface area contributed by atoms with E-state index < -0.39 is 0 Å². The quantitative estimate of drug-likeness (QED) is 0.556. The summed E-state index contributed by atoms with van der Waals surface area (Å²) < 4.78 is 16.7. The molecule has 0 aliphatic carbocycles. The van der Waals surface area contributed by atoms with E-state index in [2.05, 4.69) is 10.3 Å². The summed E-state index contributed by atoms with van der Waals surface area (Å²) in [5.41, 5.74) is 1.30. The van der Waals surface area contributed by atoms with Crippen LogP contribution < -0.4 is 14.8 Å². The second kappa shape index (κ2) is 9.09. The van der Waals surface area contributed by atoms with E-state index in [0.29, 0.717) is 42.7 Å². The lowest BCUT2D eigenvalue weighted by molar-refractivity contribution is -0.142. The zero-order valence-electron chi connectivity index (χ0n) is 15.0. The molecule has 0 radical (unpaired) electrons. The Morgan fingerprint density at radius 3 is 2.89 bits per heavy atom. The number of hydrogen-bond acceptors (Lipinski definition) is 8. The fourth-order valence-electron chi connectivity index (χ4n) is 2.35. The first-order chi connectivity index (χ1) is 13.0. The molecule has 1 N–H and O–H groups in total. The lowest BCUT2D eigenvalue weighted by Gasteiger charge is -2.19. The number of esters is 1. The van der Waals surface area contributed by atoms with Crippen molar-refractivity contribution in [3.8, 4) is 11.5 Å². The molecule has 9 heteroatoms. The Balaban J connectivity index is 1.55. The molecule has 1 aliphatic rings. The molecule has 0 saturated carbocycles. The molecule has 3 rings (SSSR count). The number of thiazole rings is 1. The molecule has 7 nitrogen and oxygen atoms in total. The number of fused-ring (bicyclic) bond motifs is 1. The summed E-state index contributed by atoms with van der Waals surface area (Å²) in [6.07, 6.45) is 0.142. The lowest BCUT2D eigenvalue weighted by atomic mass is 10.2. The van der Waals surface area contributed by atoms with Gasteiger partial charge in [0.05, 0.1) is 24.0 Å². The minimum atomic E-state index is -0.347. The van der Waals surface area contributed by atoms with Crippen molar-refractivity contribution in [2.75, 3.05) is 25.1 Å². The number of nitrogens with zero attached hydrogens (tertiary/aromatic N) is 1. The molecule has 0 saturated heterocycles. The summed E-state index contributed by atoms with van der Waals surface area (Å²) in [6, 6.07) is 5.32. The van der Waals surface area contributed by atoms with Crippen molar-refractivity contribution >= 4 is 40.7 Å². The van der Waals surface area contributed by atoms with Gasteiger partial charge in [0.15, 0.2) is 15.8 Å². The van der Waals surface area contributed by atoms with Gasteiger partial charge in [-0.15, -0.1) is 11.3 Å². The van der Waals surface area contributed by atoms with Gasteiger partial charge in [0.25, 0.3) is 0 Å². The third-order valence-corrected chi connectivity index (χ3v) is 5.74. The van der Waals surface area contributed by atoms with Crippen molar-refractivity contribution in [1.82, 2.24) is 4.98 Å². The van der Waals surface area contributed by atoms with Crippen molar-refractivity contribution in [2.45, 2.75) is 29.9 Å². The molecule has 27 heavy (non-hydrogen) atoms. The van der Waals surface area contributed by atoms with Gasteiger partial charge in [-0.25, -0.2) is 4.98 Å². The van der Waals surface area contributed by atoms with Crippen LogP contribution in [0.4, 0.5) is 5.69 Å². The Hall–Kier alpha value is -2.26. The summed E-state index contributed by atoms with van der Waals surface area (Å²) in [4.78, 5) is 28.3. The number of anilines is 1. The number of carbonyl (C=O) groups is 2. The molecular formula is C18H20N2O5S2. The van der Waals surface area contributed by atoms with Crippen LogP contribution in [0.3, 0.4) is 0 Å². The van der Waals surface area contributed by atoms with E-state index in [1.165, 1.54) is 23.1 Å². The summed E-state index contributed by atoms with van der Waals surface area (Å²) >= 11 is 2.76. The van der Waals surface area contributed by atoms with Crippen LogP contribution >= 0.6 is 23.1 Å². The van der Waals surface area contributed by atoms with Crippen LogP contribution in [0, 0.1) is 0 Å². The fraction of sp³-hybridized carbons (Fsp3) is 0.389. The third kappa shape index (κ3) is 5.36. The highest BCUT2D eigenvalue weighted by Crippen LogP contribution is 2.33. The molecule has 0 fully saturated rings. The Kier molecular flexibility index (Phi) is 6.57. The fourth-order valence-corrected chi connectivity index (χ4v) is 4.33. The molecule has 1 aliphatic heterocycles. The van der Waals surface area contributed by atoms with Crippen molar-refractivity contribution in [1.29, 1.82) is 0 Å². The minimum absolute atomic E-state index is 0.140. The maximum atomic E-state index is 12.5. The van der Waals surface area contributed by atoms with Gasteiger partial charge in [0, 0.05) is 17.1 Å². The number of nitrogens with one attached hydrogen (secondary N) is 1. The summed E-state index contributed by atoms with van der Waals surface area (Å²) in [7, 11) is 0. The molecule has 1 atom stereocenters. The molecule has 2 heterocycles. The summed E-state index contributed by atoms with van der Waals surface area (Å²) in [6.45, 7) is 4.95. The van der Waals surface area contributed by atoms with Crippen molar-refractivity contribution in [3.05, 3.63) is 29.3 Å². The van der Waals surface area contributed by atoms with Gasteiger partial charge in [-0.05, 0) is 26.0 Å². The highest BCUT2D eigenvalue weighted by Gasteiger charge is 2.19. The van der Waals surface area contributed by atoms with Crippen LogP contribution in [0.2, 0.25) is 0 Å². The van der Waals surface area contributed by atoms with E-state index in [0.717, 1.165) is 4.34 Å². The second-order valence-electron chi connectivity index (χ2n) is 5.69. The largest absolute Gasteiger partial charge is 0.486 e. The van der Waals surface area contributed by atoms with Crippen molar-refractivity contribution in [2.24, 2.45) is 0 Å². The Morgan fingerprint density at radius 1 is 1.33 bits per heavy atom. The predicted octanol–water partition coefficient (Wildman–Crippen LogP) is 3.14. The van der Waals surface area contributed by atoms with Gasteiger partial charge in [0.2, 0.25) is 5.91 Å². The number of aromatic nitrogens is 1. The molecule has 144 valence electrons. The highest BCUT2D eigenvalue weighted by molar-refractivity contribution is 8.02. The molecule has 1 aromatic heterocycles. The molecular weight excluding hydrogens is 388 g/mol. The zero-order chi connectivity index (χ0) is 19.2. The summed E-state index contributed by atoms with van der Waals surface area (Å²) in [5, 5.41) is 4.34. The molecule has 0 bridgehead atoms. The first-order valence-corrected chi connectivity index (χ1v) is 10.3. The maximum Gasteiger partial charge on any atom is 0.311 e. The van der Waals surface area contributed by atoms with E-state index in [4.69, 9.17) is 14.2 Å². The molecule has 1 aromatic carbocycles. The van der Waals surface area contributed by atoms with Gasteiger partial charge >= 0.3 is 5.97 Å². The van der Waals surface area contributed by atoms with Crippen molar-refractivity contribution in [3.63, 3.8) is 0 Å². The van der Waals surface area contributed by atoms with Gasteiger partial charge in [-0.1, -0.05) is 11.8 Å². The minimum Gasteiger partial charge on any atom is -0.486 e. The Morgan fingerprint density at radius 2 is 2.11 bits per heavy atom. The van der Waals surface area contributed by atoms with Gasteiger partial charge < -0.3 is 19.5 Å².